The van der Waals surface area contributed by atoms with Gasteiger partial charge >= 0.3 is 0 Å². The van der Waals surface area contributed by atoms with Crippen LogP contribution >= 0.6 is 15.9 Å². The molecule has 0 radical (unpaired) electrons. The summed E-state index contributed by atoms with van der Waals surface area (Å²) < 4.78 is 6.40. The van der Waals surface area contributed by atoms with Gasteiger partial charge in [-0.3, -0.25) is 4.79 Å². The Kier molecular flexibility index (Phi) is 5.36. The number of benzene rings is 1. The van der Waals surface area contributed by atoms with Crippen LogP contribution in [-0.2, 0) is 16.1 Å². The van der Waals surface area contributed by atoms with Crippen molar-refractivity contribution in [3.8, 4) is 0 Å². The van der Waals surface area contributed by atoms with Gasteiger partial charge in [0.05, 0.1) is 13.2 Å². The van der Waals surface area contributed by atoms with Crippen molar-refractivity contribution >= 4 is 21.8 Å². The Morgan fingerprint density at radius 1 is 1.53 bits per heavy atom. The van der Waals surface area contributed by atoms with E-state index in [0.717, 1.165) is 23.2 Å². The fraction of sp³-hybridized carbons (Fsp3) is 0.500. The number of halogens is 1. The van der Waals surface area contributed by atoms with Gasteiger partial charge in [0.25, 0.3) is 0 Å². The Labute approximate surface area is 122 Å². The number of nitrogens with zero attached hydrogens (tertiary/aromatic N) is 1. The molecule has 104 valence electrons. The first-order valence-corrected chi connectivity index (χ1v) is 7.24. The maximum absolute atomic E-state index is 12.1. The van der Waals surface area contributed by atoms with Crippen LogP contribution in [0.4, 0.5) is 0 Å². The molecular formula is C14H19BrN2O2. The van der Waals surface area contributed by atoms with E-state index in [0.29, 0.717) is 19.6 Å². The third kappa shape index (κ3) is 4.30. The van der Waals surface area contributed by atoms with E-state index in [1.54, 1.807) is 4.90 Å². The van der Waals surface area contributed by atoms with Gasteiger partial charge in [-0.05, 0) is 11.6 Å². The van der Waals surface area contributed by atoms with Crippen molar-refractivity contribution in [1.82, 2.24) is 10.2 Å². The van der Waals surface area contributed by atoms with Crippen LogP contribution in [0.2, 0.25) is 0 Å². The molecule has 5 heteroatoms. The van der Waals surface area contributed by atoms with Crippen LogP contribution in [0.5, 0.6) is 0 Å². The minimum absolute atomic E-state index is 0.138. The van der Waals surface area contributed by atoms with Gasteiger partial charge in [0.15, 0.2) is 0 Å². The smallest absolute Gasteiger partial charge is 0.224 e. The predicted molar refractivity (Wildman–Crippen MR) is 77.8 cm³/mol. The van der Waals surface area contributed by atoms with Crippen molar-refractivity contribution in [3.63, 3.8) is 0 Å². The van der Waals surface area contributed by atoms with Gasteiger partial charge in [-0.2, -0.15) is 0 Å². The molecule has 19 heavy (non-hydrogen) atoms. The highest BCUT2D eigenvalue weighted by atomic mass is 79.9. The van der Waals surface area contributed by atoms with E-state index in [1.165, 1.54) is 0 Å². The summed E-state index contributed by atoms with van der Waals surface area (Å²) in [5, 5.41) is 3.30. The largest absolute Gasteiger partial charge is 0.378 e. The summed E-state index contributed by atoms with van der Waals surface area (Å²) in [6.07, 6.45) is 0.487. The SMILES string of the molecule is CN(Cc1ccccc1Br)C(=O)CC1COCCN1. The van der Waals surface area contributed by atoms with Crippen LogP contribution in [0.15, 0.2) is 28.7 Å². The summed E-state index contributed by atoms with van der Waals surface area (Å²) in [6, 6.07) is 8.11. The zero-order valence-electron chi connectivity index (χ0n) is 11.1. The van der Waals surface area contributed by atoms with E-state index >= 15 is 0 Å². The summed E-state index contributed by atoms with van der Waals surface area (Å²) in [6.45, 7) is 2.80. The van der Waals surface area contributed by atoms with Crippen LogP contribution < -0.4 is 5.32 Å². The molecule has 1 saturated heterocycles. The summed E-state index contributed by atoms with van der Waals surface area (Å²) in [4.78, 5) is 13.9. The van der Waals surface area contributed by atoms with Crippen LogP contribution in [0.1, 0.15) is 12.0 Å². The van der Waals surface area contributed by atoms with E-state index in [9.17, 15) is 4.79 Å². The molecule has 1 unspecified atom stereocenters. The molecule has 1 fully saturated rings. The third-order valence-corrected chi connectivity index (χ3v) is 3.98. The number of morpholine rings is 1. The first kappa shape index (κ1) is 14.5. The fourth-order valence-electron chi connectivity index (χ4n) is 2.09. The number of hydrogen-bond donors (Lipinski definition) is 1. The van der Waals surface area contributed by atoms with E-state index in [-0.39, 0.29) is 11.9 Å². The quantitative estimate of drug-likeness (QED) is 0.917. The van der Waals surface area contributed by atoms with Gasteiger partial charge in [0.1, 0.15) is 0 Å². The maximum Gasteiger partial charge on any atom is 0.224 e. The fourth-order valence-corrected chi connectivity index (χ4v) is 2.50. The van der Waals surface area contributed by atoms with Crippen molar-refractivity contribution < 1.29 is 9.53 Å². The lowest BCUT2D eigenvalue weighted by molar-refractivity contribution is -0.131. The summed E-state index contributed by atoms with van der Waals surface area (Å²) in [5.41, 5.74) is 1.12. The molecule has 2 rings (SSSR count). The number of ether oxygens (including phenoxy) is 1. The maximum atomic E-state index is 12.1. The highest BCUT2D eigenvalue weighted by Crippen LogP contribution is 2.17. The molecule has 0 saturated carbocycles. The van der Waals surface area contributed by atoms with Gasteiger partial charge in [-0.1, -0.05) is 34.1 Å². The molecule has 0 aliphatic carbocycles. The molecular weight excluding hydrogens is 308 g/mol. The van der Waals surface area contributed by atoms with Crippen LogP contribution in [0.3, 0.4) is 0 Å². The molecule has 1 aliphatic rings. The van der Waals surface area contributed by atoms with Crippen molar-refractivity contribution in [2.45, 2.75) is 19.0 Å². The second-order valence-electron chi connectivity index (χ2n) is 4.77. The molecule has 1 amide bonds. The standard InChI is InChI=1S/C14H19BrN2O2/c1-17(9-11-4-2-3-5-13(11)15)14(18)8-12-10-19-7-6-16-12/h2-5,12,16H,6-10H2,1H3. The highest BCUT2D eigenvalue weighted by Gasteiger charge is 2.19. The van der Waals surface area contributed by atoms with Crippen LogP contribution in [0.25, 0.3) is 0 Å². The first-order valence-electron chi connectivity index (χ1n) is 6.45. The molecule has 1 aliphatic heterocycles. The number of carbonyl (C=O) groups is 1. The first-order chi connectivity index (χ1) is 9.16. The van der Waals surface area contributed by atoms with Gasteiger partial charge in [-0.15, -0.1) is 0 Å². The van der Waals surface area contributed by atoms with Crippen molar-refractivity contribution in [2.24, 2.45) is 0 Å². The normalized spacial score (nSPS) is 19.2. The molecule has 1 N–H and O–H groups in total. The second kappa shape index (κ2) is 7.03. The highest BCUT2D eigenvalue weighted by molar-refractivity contribution is 9.10. The molecule has 1 atom stereocenters. The molecule has 0 bridgehead atoms. The Balaban J connectivity index is 1.87. The molecule has 0 spiro atoms. The molecule has 0 aromatic heterocycles. The van der Waals surface area contributed by atoms with E-state index < -0.39 is 0 Å². The Morgan fingerprint density at radius 2 is 2.32 bits per heavy atom. The summed E-state index contributed by atoms with van der Waals surface area (Å²) in [7, 11) is 1.84. The minimum atomic E-state index is 0.138. The average molecular weight is 327 g/mol. The Bertz CT molecular complexity index is 433. The number of rotatable bonds is 4. The van der Waals surface area contributed by atoms with E-state index in [4.69, 9.17) is 4.74 Å². The summed E-state index contributed by atoms with van der Waals surface area (Å²) in [5.74, 6) is 0.138. The van der Waals surface area contributed by atoms with Crippen molar-refractivity contribution in [2.75, 3.05) is 26.8 Å². The zero-order chi connectivity index (χ0) is 13.7. The van der Waals surface area contributed by atoms with Gasteiger partial charge < -0.3 is 15.0 Å². The van der Waals surface area contributed by atoms with E-state index in [1.807, 2.05) is 31.3 Å². The van der Waals surface area contributed by atoms with Crippen molar-refractivity contribution in [3.05, 3.63) is 34.3 Å². The lowest BCUT2D eigenvalue weighted by Gasteiger charge is -2.26. The average Bonchev–Trinajstić information content (AvgIpc) is 2.42. The molecule has 1 heterocycles. The predicted octanol–water partition coefficient (Wildman–Crippen LogP) is 1.79. The van der Waals surface area contributed by atoms with Crippen molar-refractivity contribution in [1.29, 1.82) is 0 Å². The summed E-state index contributed by atoms with van der Waals surface area (Å²) >= 11 is 3.50. The van der Waals surface area contributed by atoms with Gasteiger partial charge in [0, 0.05) is 37.1 Å². The zero-order valence-corrected chi connectivity index (χ0v) is 12.6. The topological polar surface area (TPSA) is 41.6 Å². The minimum Gasteiger partial charge on any atom is -0.378 e. The number of nitrogens with one attached hydrogen (secondary N) is 1. The number of hydrogen-bond acceptors (Lipinski definition) is 3. The molecule has 1 aromatic rings. The number of carbonyl (C=O) groups excluding carboxylic acids is 1. The monoisotopic (exact) mass is 326 g/mol. The Morgan fingerprint density at radius 3 is 3.00 bits per heavy atom. The third-order valence-electron chi connectivity index (χ3n) is 3.21. The van der Waals surface area contributed by atoms with Crippen LogP contribution in [0, 0.1) is 0 Å². The number of amides is 1. The lowest BCUT2D eigenvalue weighted by Crippen LogP contribution is -2.44. The van der Waals surface area contributed by atoms with Gasteiger partial charge in [-0.25, -0.2) is 0 Å². The molecule has 4 nitrogen and oxygen atoms in total. The molecule has 1 aromatic carbocycles. The van der Waals surface area contributed by atoms with Crippen LogP contribution in [-0.4, -0.2) is 43.7 Å². The van der Waals surface area contributed by atoms with Gasteiger partial charge in [0.2, 0.25) is 5.91 Å². The van der Waals surface area contributed by atoms with E-state index in [2.05, 4.69) is 21.2 Å². The lowest BCUT2D eigenvalue weighted by atomic mass is 10.1. The Hall–Kier alpha value is -0.910. The second-order valence-corrected chi connectivity index (χ2v) is 5.63.